The van der Waals surface area contributed by atoms with Crippen molar-refractivity contribution >= 4 is 34.3 Å². The van der Waals surface area contributed by atoms with Gasteiger partial charge in [0.05, 0.1) is 43.6 Å². The van der Waals surface area contributed by atoms with Gasteiger partial charge in [0, 0.05) is 33.4 Å². The number of benzene rings is 2. The SMILES string of the molecule is CC[C@H]1C[C@@H](O)[C@H](NC(=S)N(C)C)[C@@H](OCc2ccccc2)[C@@H]1C.CC[C@H]1C[C@@H]2SC(N(C)C)=N[C@@H]2[C@@H](OCc2ccccc2)[C@@H]1C. The summed E-state index contributed by atoms with van der Waals surface area (Å²) in [5.41, 5.74) is 2.39. The zero-order valence-electron chi connectivity index (χ0n) is 29.7. The van der Waals surface area contributed by atoms with Crippen molar-refractivity contribution in [2.75, 3.05) is 28.2 Å². The Balaban J connectivity index is 0.000000213. The second-order valence-electron chi connectivity index (χ2n) is 13.9. The molecule has 2 fully saturated rings. The van der Waals surface area contributed by atoms with Crippen LogP contribution < -0.4 is 5.32 Å². The van der Waals surface area contributed by atoms with Gasteiger partial charge in [-0.05, 0) is 59.9 Å². The number of amidine groups is 1. The molecular weight excluding hydrogens is 625 g/mol. The van der Waals surface area contributed by atoms with Crippen molar-refractivity contribution in [1.82, 2.24) is 15.1 Å². The van der Waals surface area contributed by atoms with Gasteiger partial charge in [-0.25, -0.2) is 0 Å². The summed E-state index contributed by atoms with van der Waals surface area (Å²) in [6.07, 6.45) is 4.03. The molecule has 0 spiro atoms. The Morgan fingerprint density at radius 2 is 1.36 bits per heavy atom. The molecule has 10 atom stereocenters. The van der Waals surface area contributed by atoms with Gasteiger partial charge in [-0.15, -0.1) is 0 Å². The number of aliphatic imine (C=N–C) groups is 1. The van der Waals surface area contributed by atoms with E-state index in [1.54, 1.807) is 0 Å². The topological polar surface area (TPSA) is 69.6 Å². The smallest absolute Gasteiger partial charge is 0.168 e. The Bertz CT molecular complexity index is 1260. The van der Waals surface area contributed by atoms with Gasteiger partial charge < -0.3 is 29.7 Å². The Labute approximate surface area is 293 Å². The van der Waals surface area contributed by atoms with Gasteiger partial charge in [-0.3, -0.25) is 4.99 Å². The molecule has 2 aliphatic carbocycles. The predicted octanol–water partition coefficient (Wildman–Crippen LogP) is 6.84. The summed E-state index contributed by atoms with van der Waals surface area (Å²) in [5, 5.41) is 16.4. The number of thioether (sulfide) groups is 1. The highest BCUT2D eigenvalue weighted by Gasteiger charge is 2.47. The van der Waals surface area contributed by atoms with Crippen LogP contribution in [0.15, 0.2) is 65.7 Å². The third-order valence-electron chi connectivity index (χ3n) is 10.3. The van der Waals surface area contributed by atoms with Crippen LogP contribution in [0, 0.1) is 23.7 Å². The number of hydrogen-bond acceptors (Lipinski definition) is 7. The molecule has 9 heteroatoms. The number of aliphatic hydroxyl groups is 1. The monoisotopic (exact) mass is 682 g/mol. The van der Waals surface area contributed by atoms with E-state index in [2.05, 4.69) is 94.5 Å². The van der Waals surface area contributed by atoms with E-state index in [0.29, 0.717) is 47.4 Å². The van der Waals surface area contributed by atoms with Crippen molar-refractivity contribution < 1.29 is 14.6 Å². The average Bonchev–Trinajstić information content (AvgIpc) is 3.51. The van der Waals surface area contributed by atoms with E-state index in [9.17, 15) is 5.11 Å². The Kier molecular flexibility index (Phi) is 14.4. The minimum absolute atomic E-state index is 0.0724. The van der Waals surface area contributed by atoms with E-state index in [1.807, 2.05) is 49.0 Å². The number of nitrogens with zero attached hydrogens (tertiary/aromatic N) is 3. The minimum atomic E-state index is -0.454. The molecule has 2 aromatic rings. The summed E-state index contributed by atoms with van der Waals surface area (Å²) >= 11 is 7.33. The van der Waals surface area contributed by atoms with Gasteiger partial charge in [0.15, 0.2) is 10.3 Å². The molecule has 2 N–H and O–H groups in total. The van der Waals surface area contributed by atoms with Gasteiger partial charge in [-0.2, -0.15) is 0 Å². The third-order valence-corrected chi connectivity index (χ3v) is 12.2. The molecule has 3 aliphatic rings. The molecule has 7 nitrogen and oxygen atoms in total. The lowest BCUT2D eigenvalue weighted by molar-refractivity contribution is -0.0955. The van der Waals surface area contributed by atoms with Gasteiger partial charge >= 0.3 is 0 Å². The molecule has 1 heterocycles. The second-order valence-corrected chi connectivity index (χ2v) is 15.5. The van der Waals surface area contributed by atoms with Crippen molar-refractivity contribution in [3.8, 4) is 0 Å². The summed E-state index contributed by atoms with van der Waals surface area (Å²) < 4.78 is 12.7. The summed E-state index contributed by atoms with van der Waals surface area (Å²) in [5.74, 6) is 2.13. The summed E-state index contributed by atoms with van der Waals surface area (Å²) in [4.78, 5) is 9.00. The second kappa shape index (κ2) is 18.0. The van der Waals surface area contributed by atoms with Crippen LogP contribution >= 0.6 is 24.0 Å². The van der Waals surface area contributed by atoms with Crippen LogP contribution in [-0.4, -0.2) is 89.0 Å². The maximum atomic E-state index is 10.7. The average molecular weight is 683 g/mol. The fourth-order valence-corrected chi connectivity index (χ4v) is 8.78. The van der Waals surface area contributed by atoms with Gasteiger partial charge in [0.25, 0.3) is 0 Å². The number of ether oxygens (including phenoxy) is 2. The molecule has 47 heavy (non-hydrogen) atoms. The first-order valence-corrected chi connectivity index (χ1v) is 18.7. The lowest BCUT2D eigenvalue weighted by Gasteiger charge is -2.45. The quantitative estimate of drug-likeness (QED) is 0.279. The molecule has 2 aromatic carbocycles. The van der Waals surface area contributed by atoms with Crippen LogP contribution in [0.25, 0.3) is 0 Å². The van der Waals surface area contributed by atoms with Gasteiger partial charge in [0.1, 0.15) is 0 Å². The molecule has 1 aliphatic heterocycles. The Hall–Kier alpha value is -2.17. The van der Waals surface area contributed by atoms with Crippen molar-refractivity contribution in [1.29, 1.82) is 0 Å². The van der Waals surface area contributed by atoms with Crippen LogP contribution in [0.5, 0.6) is 0 Å². The molecule has 5 rings (SSSR count). The predicted molar refractivity (Wildman–Crippen MR) is 201 cm³/mol. The van der Waals surface area contributed by atoms with Crippen molar-refractivity contribution in [3.63, 3.8) is 0 Å². The first-order valence-electron chi connectivity index (χ1n) is 17.4. The largest absolute Gasteiger partial charge is 0.391 e. The molecule has 0 amide bonds. The molecule has 0 aromatic heterocycles. The van der Waals surface area contributed by atoms with E-state index in [0.717, 1.165) is 29.5 Å². The maximum absolute atomic E-state index is 10.7. The first kappa shape index (κ1) is 37.6. The molecule has 2 saturated carbocycles. The van der Waals surface area contributed by atoms with Crippen molar-refractivity contribution in [3.05, 3.63) is 71.8 Å². The molecule has 0 saturated heterocycles. The van der Waals surface area contributed by atoms with Gasteiger partial charge in [-0.1, -0.05) is 113 Å². The lowest BCUT2D eigenvalue weighted by Crippen LogP contribution is -2.60. The molecule has 0 bridgehead atoms. The van der Waals surface area contributed by atoms with Gasteiger partial charge in [0.2, 0.25) is 0 Å². The molecule has 0 unspecified atom stereocenters. The third kappa shape index (κ3) is 9.94. The Morgan fingerprint density at radius 3 is 1.87 bits per heavy atom. The normalized spacial score (nSPS) is 31.6. The van der Waals surface area contributed by atoms with E-state index in [1.165, 1.54) is 18.4 Å². The van der Waals surface area contributed by atoms with Crippen LogP contribution in [0.1, 0.15) is 64.5 Å². The number of nitrogens with one attached hydrogen (secondary N) is 1. The standard InChI is InChI=1S/C19H30N2O2S.C19H28N2OS/c1-5-15-11-16(22)17(20-19(24)21(3)4)18(13(15)2)23-12-14-9-7-6-8-10-14;1-5-15-11-16-17(20-19(23-16)21(3)4)18(13(15)2)22-12-14-9-7-6-8-10-14/h6-10,13,15-18,22H,5,11-12H2,1-4H3,(H,20,24);6-10,13,15-18H,5,11-12H2,1-4H3/t13-,15+,16-,17+,18+;13-,15+,16+,17+,18+/m11/s1. The minimum Gasteiger partial charge on any atom is -0.391 e. The number of fused-ring (bicyclic) bond motifs is 1. The molecule has 0 radical (unpaired) electrons. The van der Waals surface area contributed by atoms with E-state index in [4.69, 9.17) is 26.7 Å². The lowest BCUT2D eigenvalue weighted by atomic mass is 9.73. The highest BCUT2D eigenvalue weighted by Crippen LogP contribution is 2.45. The van der Waals surface area contributed by atoms with Crippen LogP contribution in [0.3, 0.4) is 0 Å². The van der Waals surface area contributed by atoms with Crippen molar-refractivity contribution in [2.24, 2.45) is 28.7 Å². The highest BCUT2D eigenvalue weighted by atomic mass is 32.2. The number of rotatable bonds is 9. The summed E-state index contributed by atoms with van der Waals surface area (Å²) in [6, 6.07) is 20.8. The number of thiocarbonyl (C=S) groups is 1. The van der Waals surface area contributed by atoms with Crippen molar-refractivity contribution in [2.45, 2.75) is 102 Å². The molecule has 260 valence electrons. The maximum Gasteiger partial charge on any atom is 0.168 e. The zero-order valence-corrected chi connectivity index (χ0v) is 31.3. The first-order chi connectivity index (χ1) is 22.5. The highest BCUT2D eigenvalue weighted by molar-refractivity contribution is 8.14. The van der Waals surface area contributed by atoms with Crippen LogP contribution in [0.4, 0.5) is 0 Å². The number of hydrogen-bond donors (Lipinski definition) is 2. The van der Waals surface area contributed by atoms with Crippen LogP contribution in [-0.2, 0) is 22.7 Å². The number of aliphatic hydroxyl groups excluding tert-OH is 1. The van der Waals surface area contributed by atoms with E-state index < -0.39 is 6.10 Å². The van der Waals surface area contributed by atoms with E-state index >= 15 is 0 Å². The fourth-order valence-electron chi connectivity index (χ4n) is 7.28. The fraction of sp³-hybridized carbons (Fsp3) is 0.632. The Morgan fingerprint density at radius 1 is 0.851 bits per heavy atom. The molecular formula is C38H58N4O3S2. The van der Waals surface area contributed by atoms with Crippen LogP contribution in [0.2, 0.25) is 0 Å². The van der Waals surface area contributed by atoms with E-state index in [-0.39, 0.29) is 18.2 Å². The summed E-state index contributed by atoms with van der Waals surface area (Å²) in [6.45, 7) is 10.3. The zero-order chi connectivity index (χ0) is 34.1. The summed E-state index contributed by atoms with van der Waals surface area (Å²) in [7, 11) is 7.98.